The molecule has 0 unspecified atom stereocenters. The number of halogens is 2. The Labute approximate surface area is 158 Å². The van der Waals surface area contributed by atoms with Crippen LogP contribution < -0.4 is 17.0 Å². The van der Waals surface area contributed by atoms with Crippen LogP contribution in [0.1, 0.15) is 35.1 Å². The first-order chi connectivity index (χ1) is 12.9. The lowest BCUT2D eigenvalue weighted by atomic mass is 10.1. The molecular formula is C19H16ClFN4O2. The number of carbonyl (C=O) groups is 1. The first kappa shape index (κ1) is 17.6. The molecule has 6 nitrogen and oxygen atoms in total. The van der Waals surface area contributed by atoms with E-state index in [0.29, 0.717) is 11.3 Å². The Bertz CT molecular complexity index is 1140. The third-order valence-electron chi connectivity index (χ3n) is 4.73. The van der Waals surface area contributed by atoms with Gasteiger partial charge in [0.25, 0.3) is 5.56 Å². The molecule has 1 saturated carbocycles. The first-order valence-corrected chi connectivity index (χ1v) is 8.82. The van der Waals surface area contributed by atoms with Gasteiger partial charge in [-0.3, -0.25) is 14.2 Å². The average Bonchev–Trinajstić information content (AvgIpc) is 3.45. The molecular weight excluding hydrogens is 371 g/mol. The van der Waals surface area contributed by atoms with E-state index in [1.807, 2.05) is 0 Å². The van der Waals surface area contributed by atoms with Gasteiger partial charge in [-0.2, -0.15) is 0 Å². The normalized spacial score (nSPS) is 15.1. The Hall–Kier alpha value is -2.77. The fourth-order valence-corrected chi connectivity index (χ4v) is 3.44. The second-order valence-corrected chi connectivity index (χ2v) is 7.08. The highest BCUT2D eigenvalue weighted by atomic mass is 35.5. The van der Waals surface area contributed by atoms with Crippen molar-refractivity contribution in [3.63, 3.8) is 0 Å². The van der Waals surface area contributed by atoms with Gasteiger partial charge in [0.1, 0.15) is 11.6 Å². The van der Waals surface area contributed by atoms with Crippen LogP contribution in [-0.4, -0.2) is 15.5 Å². The van der Waals surface area contributed by atoms with Gasteiger partial charge in [-0.05, 0) is 49.1 Å². The largest absolute Gasteiger partial charge is 0.366 e. The lowest BCUT2D eigenvalue weighted by molar-refractivity contribution is 0.1000. The number of hydrogen-bond acceptors (Lipinski definition) is 4. The predicted molar refractivity (Wildman–Crippen MR) is 100 cm³/mol. The number of fused-ring (bicyclic) bond motifs is 1. The summed E-state index contributed by atoms with van der Waals surface area (Å²) in [5, 5.41) is 0.438. The van der Waals surface area contributed by atoms with E-state index in [0.717, 1.165) is 25.0 Å². The fraction of sp³-hybridized carbons (Fsp3) is 0.211. The molecule has 0 bridgehead atoms. The molecule has 1 heterocycles. The quantitative estimate of drug-likeness (QED) is 0.719. The highest BCUT2D eigenvalue weighted by molar-refractivity contribution is 6.35. The molecule has 1 aliphatic carbocycles. The molecule has 4 N–H and O–H groups in total. The summed E-state index contributed by atoms with van der Waals surface area (Å²) in [4.78, 5) is 29.3. The van der Waals surface area contributed by atoms with Crippen LogP contribution >= 0.6 is 11.6 Å². The van der Waals surface area contributed by atoms with Gasteiger partial charge in [-0.25, -0.2) is 9.37 Å². The van der Waals surface area contributed by atoms with E-state index in [2.05, 4.69) is 4.98 Å². The van der Waals surface area contributed by atoms with Crippen LogP contribution in [-0.2, 0) is 0 Å². The molecule has 1 atom stereocenters. The molecule has 0 spiro atoms. The standard InChI is InChI=1S/C19H16ClFN4O2/c20-13-2-1-3-14-15(13)19(27)25(18(24-14)16(22)9-4-5-9)12-7-10(17(23)26)6-11(21)8-12/h1-3,6-9,16H,4-5,22H2,(H2,23,26)/t16-/m0/s1. The SMILES string of the molecule is NC(=O)c1cc(F)cc(-n2c([C@@H](N)C3CC3)nc3cccc(Cl)c3c2=O)c1. The smallest absolute Gasteiger partial charge is 0.267 e. The van der Waals surface area contributed by atoms with Crippen molar-refractivity contribution in [3.05, 3.63) is 69.0 Å². The van der Waals surface area contributed by atoms with Crippen molar-refractivity contribution < 1.29 is 9.18 Å². The molecule has 0 radical (unpaired) electrons. The Morgan fingerprint density at radius 2 is 2.04 bits per heavy atom. The van der Waals surface area contributed by atoms with Crippen molar-refractivity contribution in [2.24, 2.45) is 17.4 Å². The van der Waals surface area contributed by atoms with Crippen LogP contribution in [0.3, 0.4) is 0 Å². The predicted octanol–water partition coefficient (Wildman–Crippen LogP) is 2.69. The number of primary amides is 1. The zero-order valence-corrected chi connectivity index (χ0v) is 14.9. The number of nitrogens with zero attached hydrogens (tertiary/aromatic N) is 2. The van der Waals surface area contributed by atoms with Gasteiger partial charge in [0.15, 0.2) is 0 Å². The van der Waals surface area contributed by atoms with E-state index < -0.39 is 23.3 Å². The van der Waals surface area contributed by atoms with Crippen LogP contribution in [0.25, 0.3) is 16.6 Å². The van der Waals surface area contributed by atoms with Gasteiger partial charge >= 0.3 is 0 Å². The van der Waals surface area contributed by atoms with E-state index in [1.54, 1.807) is 18.2 Å². The topological polar surface area (TPSA) is 104 Å². The van der Waals surface area contributed by atoms with E-state index in [4.69, 9.17) is 23.1 Å². The minimum atomic E-state index is -0.802. The molecule has 138 valence electrons. The number of nitrogens with two attached hydrogens (primary N) is 2. The van der Waals surface area contributed by atoms with E-state index in [1.165, 1.54) is 10.6 Å². The summed E-state index contributed by atoms with van der Waals surface area (Å²) in [6.07, 6.45) is 1.86. The second kappa shape index (κ2) is 6.44. The molecule has 4 rings (SSSR count). The van der Waals surface area contributed by atoms with Crippen molar-refractivity contribution in [3.8, 4) is 5.69 Å². The summed E-state index contributed by atoms with van der Waals surface area (Å²) in [6.45, 7) is 0. The van der Waals surface area contributed by atoms with E-state index in [-0.39, 0.29) is 27.6 Å². The average molecular weight is 387 g/mol. The number of aromatic nitrogens is 2. The molecule has 1 amide bonds. The van der Waals surface area contributed by atoms with Crippen LogP contribution in [0, 0.1) is 11.7 Å². The van der Waals surface area contributed by atoms with Gasteiger partial charge in [-0.15, -0.1) is 0 Å². The third-order valence-corrected chi connectivity index (χ3v) is 5.04. The second-order valence-electron chi connectivity index (χ2n) is 6.67. The Morgan fingerprint density at radius 1 is 1.30 bits per heavy atom. The molecule has 3 aromatic rings. The number of rotatable bonds is 4. The van der Waals surface area contributed by atoms with E-state index >= 15 is 0 Å². The molecule has 1 aliphatic rings. The van der Waals surface area contributed by atoms with Crippen LogP contribution in [0.2, 0.25) is 5.02 Å². The molecule has 0 saturated heterocycles. The van der Waals surface area contributed by atoms with Crippen LogP contribution in [0.15, 0.2) is 41.2 Å². The molecule has 1 fully saturated rings. The Kier molecular flexibility index (Phi) is 4.20. The fourth-order valence-electron chi connectivity index (χ4n) is 3.19. The summed E-state index contributed by atoms with van der Waals surface area (Å²) >= 11 is 6.21. The summed E-state index contributed by atoms with van der Waals surface area (Å²) in [6, 6.07) is 7.96. The summed E-state index contributed by atoms with van der Waals surface area (Å²) in [5.74, 6) is -0.996. The molecule has 1 aromatic heterocycles. The van der Waals surface area contributed by atoms with Gasteiger partial charge < -0.3 is 11.5 Å². The minimum absolute atomic E-state index is 0.0536. The van der Waals surface area contributed by atoms with Gasteiger partial charge in [0.2, 0.25) is 5.91 Å². The number of hydrogen-bond donors (Lipinski definition) is 2. The third kappa shape index (κ3) is 3.09. The first-order valence-electron chi connectivity index (χ1n) is 8.44. The zero-order chi connectivity index (χ0) is 19.3. The van der Waals surface area contributed by atoms with Crippen molar-refractivity contribution in [1.82, 2.24) is 9.55 Å². The highest BCUT2D eigenvalue weighted by Crippen LogP contribution is 2.39. The lowest BCUT2D eigenvalue weighted by Crippen LogP contribution is -2.30. The molecule has 0 aliphatic heterocycles. The number of carbonyl (C=O) groups excluding carboxylic acids is 1. The summed E-state index contributed by atoms with van der Waals surface area (Å²) in [7, 11) is 0. The molecule has 2 aromatic carbocycles. The lowest BCUT2D eigenvalue weighted by Gasteiger charge is -2.19. The van der Waals surface area contributed by atoms with Crippen LogP contribution in [0.5, 0.6) is 0 Å². The number of amides is 1. The Morgan fingerprint density at radius 3 is 2.70 bits per heavy atom. The zero-order valence-electron chi connectivity index (χ0n) is 14.2. The Balaban J connectivity index is 2.08. The maximum atomic E-state index is 14.1. The maximum Gasteiger partial charge on any atom is 0.267 e. The van der Waals surface area contributed by atoms with Crippen LogP contribution in [0.4, 0.5) is 4.39 Å². The highest BCUT2D eigenvalue weighted by Gasteiger charge is 2.33. The maximum absolute atomic E-state index is 14.1. The van der Waals surface area contributed by atoms with Gasteiger partial charge in [-0.1, -0.05) is 17.7 Å². The molecule has 27 heavy (non-hydrogen) atoms. The van der Waals surface area contributed by atoms with Crippen molar-refractivity contribution in [2.45, 2.75) is 18.9 Å². The van der Waals surface area contributed by atoms with Gasteiger partial charge in [0.05, 0.1) is 27.7 Å². The van der Waals surface area contributed by atoms with Crippen molar-refractivity contribution in [1.29, 1.82) is 0 Å². The molecule has 8 heteroatoms. The van der Waals surface area contributed by atoms with E-state index in [9.17, 15) is 14.0 Å². The summed E-state index contributed by atoms with van der Waals surface area (Å²) < 4.78 is 15.3. The van der Waals surface area contributed by atoms with Gasteiger partial charge in [0, 0.05) is 5.56 Å². The minimum Gasteiger partial charge on any atom is -0.366 e. The van der Waals surface area contributed by atoms with Crippen molar-refractivity contribution >= 4 is 28.4 Å². The van der Waals surface area contributed by atoms with Crippen molar-refractivity contribution in [2.75, 3.05) is 0 Å². The monoisotopic (exact) mass is 386 g/mol. The summed E-state index contributed by atoms with van der Waals surface area (Å²) in [5.41, 5.74) is 11.6. The number of benzene rings is 2.